The van der Waals surface area contributed by atoms with Crippen molar-refractivity contribution in [3.05, 3.63) is 16.0 Å². The van der Waals surface area contributed by atoms with Crippen LogP contribution >= 0.6 is 11.3 Å². The monoisotopic (exact) mass is 346 g/mol. The van der Waals surface area contributed by atoms with E-state index < -0.39 is 17.8 Å². The van der Waals surface area contributed by atoms with Crippen LogP contribution in [0.3, 0.4) is 0 Å². The molecule has 0 unspecified atom stereocenters. The molecule has 1 aromatic rings. The van der Waals surface area contributed by atoms with Crippen LogP contribution in [0.15, 0.2) is 0 Å². The topological polar surface area (TPSA) is 99.4 Å². The number of nitrogens with zero attached hydrogens (tertiary/aromatic N) is 1. The van der Waals surface area contributed by atoms with Gasteiger partial charge in [-0.2, -0.15) is 5.26 Å². The predicted octanol–water partition coefficient (Wildman–Crippen LogP) is 2.32. The molecule has 2 N–H and O–H groups in total. The lowest BCUT2D eigenvalue weighted by atomic mass is 9.78. The predicted molar refractivity (Wildman–Crippen MR) is 86.8 cm³/mol. The third-order valence-corrected chi connectivity index (χ3v) is 6.59. The van der Waals surface area contributed by atoms with Crippen molar-refractivity contribution >= 4 is 28.2 Å². The Kier molecular flexibility index (Phi) is 3.82. The van der Waals surface area contributed by atoms with E-state index >= 15 is 0 Å². The van der Waals surface area contributed by atoms with Gasteiger partial charge in [0, 0.05) is 4.88 Å². The number of hydrogen-bond donors (Lipinski definition) is 2. The van der Waals surface area contributed by atoms with Crippen LogP contribution in [0.2, 0.25) is 0 Å². The summed E-state index contributed by atoms with van der Waals surface area (Å²) in [6, 6.07) is 2.22. The van der Waals surface area contributed by atoms with Crippen LogP contribution in [0.1, 0.15) is 41.7 Å². The first-order valence-corrected chi connectivity index (χ1v) is 9.15. The van der Waals surface area contributed by atoms with Gasteiger partial charge in [0.05, 0.1) is 29.6 Å². The van der Waals surface area contributed by atoms with Gasteiger partial charge in [-0.1, -0.05) is 0 Å². The molecule has 24 heavy (non-hydrogen) atoms. The molecule has 3 heterocycles. The number of hydrogen-bond acceptors (Lipinski definition) is 5. The van der Waals surface area contributed by atoms with Crippen molar-refractivity contribution in [2.45, 2.75) is 50.7 Å². The Morgan fingerprint density at radius 2 is 1.92 bits per heavy atom. The molecule has 0 radical (unpaired) electrons. The van der Waals surface area contributed by atoms with Crippen molar-refractivity contribution in [3.63, 3.8) is 0 Å². The number of anilines is 1. The minimum absolute atomic E-state index is 0.323. The minimum Gasteiger partial charge on any atom is -0.481 e. The molecule has 6 nitrogen and oxygen atoms in total. The molecule has 0 spiro atoms. The molecule has 3 aliphatic rings. The average molecular weight is 346 g/mol. The molecule has 2 saturated heterocycles. The maximum Gasteiger partial charge on any atom is 0.310 e. The number of thiophene rings is 1. The molecule has 1 aliphatic carbocycles. The lowest BCUT2D eigenvalue weighted by Crippen LogP contribution is -2.40. The first-order valence-electron chi connectivity index (χ1n) is 8.34. The summed E-state index contributed by atoms with van der Waals surface area (Å²) in [5, 5.41) is 22.3. The quantitative estimate of drug-likeness (QED) is 0.875. The van der Waals surface area contributed by atoms with E-state index in [0.29, 0.717) is 17.0 Å². The molecular weight excluding hydrogens is 328 g/mol. The molecule has 1 aromatic heterocycles. The molecule has 4 rings (SSSR count). The van der Waals surface area contributed by atoms with Crippen LogP contribution in [0, 0.1) is 23.2 Å². The third kappa shape index (κ3) is 2.33. The fourth-order valence-electron chi connectivity index (χ4n) is 4.29. The first-order chi connectivity index (χ1) is 11.6. The fourth-order valence-corrected chi connectivity index (χ4v) is 5.53. The molecule has 7 heteroatoms. The standard InChI is InChI=1S/C17H18N2O4S/c18-7-9-8-3-1-2-4-12(8)24-16(9)19-15(20)13-10-5-6-11(23-10)14(13)17(21)22/h10-11,13-14H,1-6H2,(H,19,20)(H,21,22)/t10-,11-,13-,14-/m0/s1. The number of fused-ring (bicyclic) bond motifs is 3. The normalized spacial score (nSPS) is 30.6. The highest BCUT2D eigenvalue weighted by Gasteiger charge is 2.55. The molecule has 2 aliphatic heterocycles. The van der Waals surface area contributed by atoms with E-state index in [2.05, 4.69) is 11.4 Å². The number of carbonyl (C=O) groups is 2. The lowest BCUT2D eigenvalue weighted by molar-refractivity contribution is -0.147. The SMILES string of the molecule is N#Cc1c(NC(=O)[C@@H]2[C@@H](C(=O)O)[C@@H]3CC[C@@H]2O3)sc2c1CCCC2. The molecule has 0 saturated carbocycles. The van der Waals surface area contributed by atoms with E-state index in [-0.39, 0.29) is 18.1 Å². The minimum atomic E-state index is -0.978. The van der Waals surface area contributed by atoms with Gasteiger partial charge < -0.3 is 15.2 Å². The Morgan fingerprint density at radius 1 is 1.21 bits per heavy atom. The first kappa shape index (κ1) is 15.6. The third-order valence-electron chi connectivity index (χ3n) is 5.38. The maximum atomic E-state index is 12.7. The number of carboxylic acids is 1. The molecule has 126 valence electrons. The summed E-state index contributed by atoms with van der Waals surface area (Å²) in [7, 11) is 0. The number of carboxylic acid groups (broad SMARTS) is 1. The average Bonchev–Trinajstić information content (AvgIpc) is 3.26. The summed E-state index contributed by atoms with van der Waals surface area (Å²) in [5.74, 6) is -2.77. The largest absolute Gasteiger partial charge is 0.481 e. The number of aryl methyl sites for hydroxylation is 1. The van der Waals surface area contributed by atoms with E-state index in [4.69, 9.17) is 4.74 Å². The lowest BCUT2D eigenvalue weighted by Gasteiger charge is -2.23. The summed E-state index contributed by atoms with van der Waals surface area (Å²) in [4.78, 5) is 25.4. The summed E-state index contributed by atoms with van der Waals surface area (Å²) in [5.41, 5.74) is 1.61. The zero-order chi connectivity index (χ0) is 16.8. The smallest absolute Gasteiger partial charge is 0.310 e. The van der Waals surface area contributed by atoms with Gasteiger partial charge in [0.25, 0.3) is 0 Å². The van der Waals surface area contributed by atoms with Crippen molar-refractivity contribution in [3.8, 4) is 6.07 Å². The van der Waals surface area contributed by atoms with Gasteiger partial charge in [-0.25, -0.2) is 0 Å². The highest BCUT2D eigenvalue weighted by Crippen LogP contribution is 2.45. The van der Waals surface area contributed by atoms with Gasteiger partial charge in [-0.15, -0.1) is 11.3 Å². The van der Waals surface area contributed by atoms with Crippen molar-refractivity contribution in [2.24, 2.45) is 11.8 Å². The second-order valence-corrected chi connectivity index (χ2v) is 7.80. The van der Waals surface area contributed by atoms with Crippen molar-refractivity contribution in [1.29, 1.82) is 5.26 Å². The highest BCUT2D eigenvalue weighted by atomic mass is 32.1. The van der Waals surface area contributed by atoms with Crippen LogP contribution in [0.5, 0.6) is 0 Å². The molecule has 2 fully saturated rings. The van der Waals surface area contributed by atoms with Gasteiger partial charge in [-0.05, 0) is 44.1 Å². The van der Waals surface area contributed by atoms with E-state index in [1.54, 1.807) is 0 Å². The van der Waals surface area contributed by atoms with Crippen LogP contribution < -0.4 is 5.32 Å². The second kappa shape index (κ2) is 5.87. The van der Waals surface area contributed by atoms with Gasteiger partial charge in [0.2, 0.25) is 5.91 Å². The van der Waals surface area contributed by atoms with Crippen LogP contribution in [-0.4, -0.2) is 29.2 Å². The summed E-state index contributed by atoms with van der Waals surface area (Å²) in [6.45, 7) is 0. The maximum absolute atomic E-state index is 12.7. The number of amides is 1. The number of nitriles is 1. The summed E-state index contributed by atoms with van der Waals surface area (Å²) >= 11 is 1.46. The Morgan fingerprint density at radius 3 is 2.62 bits per heavy atom. The molecule has 2 bridgehead atoms. The van der Waals surface area contributed by atoms with Crippen LogP contribution in [0.25, 0.3) is 0 Å². The van der Waals surface area contributed by atoms with E-state index in [1.807, 2.05) is 0 Å². The number of carbonyl (C=O) groups excluding carboxylic acids is 1. The van der Waals surface area contributed by atoms with Crippen molar-refractivity contribution in [2.75, 3.05) is 5.32 Å². The molecule has 0 aromatic carbocycles. The molecule has 1 amide bonds. The van der Waals surface area contributed by atoms with E-state index in [1.165, 1.54) is 16.2 Å². The van der Waals surface area contributed by atoms with Gasteiger partial charge in [0.15, 0.2) is 0 Å². The Balaban J connectivity index is 1.60. The van der Waals surface area contributed by atoms with E-state index in [9.17, 15) is 20.0 Å². The van der Waals surface area contributed by atoms with Gasteiger partial charge >= 0.3 is 5.97 Å². The van der Waals surface area contributed by atoms with Crippen molar-refractivity contribution in [1.82, 2.24) is 0 Å². The van der Waals surface area contributed by atoms with E-state index in [0.717, 1.165) is 37.7 Å². The number of aliphatic carboxylic acids is 1. The Labute approximate surface area is 143 Å². The summed E-state index contributed by atoms with van der Waals surface area (Å²) < 4.78 is 5.65. The summed E-state index contributed by atoms with van der Waals surface area (Å²) in [6.07, 6.45) is 4.71. The highest BCUT2D eigenvalue weighted by molar-refractivity contribution is 7.16. The number of rotatable bonds is 3. The van der Waals surface area contributed by atoms with Crippen LogP contribution in [0.4, 0.5) is 5.00 Å². The fraction of sp³-hybridized carbons (Fsp3) is 0.588. The Hall–Kier alpha value is -1.91. The second-order valence-electron chi connectivity index (χ2n) is 6.70. The number of ether oxygens (including phenoxy) is 1. The molecule has 4 atom stereocenters. The van der Waals surface area contributed by atoms with Gasteiger partial charge in [0.1, 0.15) is 11.1 Å². The zero-order valence-corrected chi connectivity index (χ0v) is 13.9. The number of nitrogens with one attached hydrogen (secondary N) is 1. The van der Waals surface area contributed by atoms with Gasteiger partial charge in [-0.3, -0.25) is 9.59 Å². The molecular formula is C17H18N2O4S. The van der Waals surface area contributed by atoms with Crippen LogP contribution in [-0.2, 0) is 27.2 Å². The van der Waals surface area contributed by atoms with Crippen molar-refractivity contribution < 1.29 is 19.4 Å². The Bertz CT molecular complexity index is 751. The zero-order valence-electron chi connectivity index (χ0n) is 13.1.